The molecular weight excluding hydrogens is 180 g/mol. The van der Waals surface area contributed by atoms with E-state index < -0.39 is 0 Å². The Balaban J connectivity index is 2.35. The van der Waals surface area contributed by atoms with Crippen LogP contribution in [-0.4, -0.2) is 36.0 Å². The van der Waals surface area contributed by atoms with Crippen molar-refractivity contribution < 1.29 is 9.84 Å². The van der Waals surface area contributed by atoms with E-state index in [1.807, 2.05) is 29.9 Å². The molecule has 0 radical (unpaired) electrons. The second-order valence-corrected chi connectivity index (χ2v) is 3.33. The molecule has 4 heteroatoms. The highest BCUT2D eigenvalue weighted by Crippen LogP contribution is 1.99. The predicted octanol–water partition coefficient (Wildman–Crippen LogP) is 0.122. The summed E-state index contributed by atoms with van der Waals surface area (Å²) < 4.78 is 7.02. The molecule has 80 valence electrons. The number of aromatic nitrogens is 1. The second-order valence-electron chi connectivity index (χ2n) is 3.33. The van der Waals surface area contributed by atoms with Crippen molar-refractivity contribution in [3.05, 3.63) is 24.0 Å². The van der Waals surface area contributed by atoms with Crippen molar-refractivity contribution in [2.45, 2.75) is 12.6 Å². The number of hydrogen-bond donors (Lipinski definition) is 2. The molecule has 1 unspecified atom stereocenters. The number of rotatable bonds is 6. The summed E-state index contributed by atoms with van der Waals surface area (Å²) in [5.41, 5.74) is 1.19. The molecule has 0 aliphatic heterocycles. The monoisotopic (exact) mass is 198 g/mol. The van der Waals surface area contributed by atoms with Gasteiger partial charge in [0.25, 0.3) is 0 Å². The lowest BCUT2D eigenvalue weighted by Gasteiger charge is -2.15. The zero-order valence-corrected chi connectivity index (χ0v) is 8.73. The van der Waals surface area contributed by atoms with Gasteiger partial charge in [-0.05, 0) is 12.1 Å². The van der Waals surface area contributed by atoms with E-state index in [9.17, 15) is 0 Å². The van der Waals surface area contributed by atoms with Crippen LogP contribution in [0.15, 0.2) is 18.3 Å². The summed E-state index contributed by atoms with van der Waals surface area (Å²) in [6, 6.07) is 4.06. The quantitative estimate of drug-likeness (QED) is 0.682. The van der Waals surface area contributed by atoms with E-state index in [2.05, 4.69) is 5.32 Å². The number of hydrogen-bond acceptors (Lipinski definition) is 3. The van der Waals surface area contributed by atoms with Crippen LogP contribution in [0.3, 0.4) is 0 Å². The minimum Gasteiger partial charge on any atom is -0.395 e. The van der Waals surface area contributed by atoms with Crippen molar-refractivity contribution in [3.8, 4) is 0 Å². The topological polar surface area (TPSA) is 46.4 Å². The van der Waals surface area contributed by atoms with Gasteiger partial charge in [0.05, 0.1) is 19.3 Å². The lowest BCUT2D eigenvalue weighted by molar-refractivity contribution is 0.127. The van der Waals surface area contributed by atoms with Gasteiger partial charge in [-0.2, -0.15) is 0 Å². The third kappa shape index (κ3) is 3.14. The first-order valence-corrected chi connectivity index (χ1v) is 4.71. The Morgan fingerprint density at radius 2 is 2.43 bits per heavy atom. The molecule has 14 heavy (non-hydrogen) atoms. The van der Waals surface area contributed by atoms with Gasteiger partial charge in [0, 0.05) is 32.6 Å². The van der Waals surface area contributed by atoms with Crippen LogP contribution in [0.1, 0.15) is 5.69 Å². The zero-order valence-electron chi connectivity index (χ0n) is 8.73. The Hall–Kier alpha value is -0.840. The van der Waals surface area contributed by atoms with E-state index in [0.717, 1.165) is 6.54 Å². The molecular formula is C10H18N2O2. The maximum absolute atomic E-state index is 9.01. The first-order valence-electron chi connectivity index (χ1n) is 4.71. The minimum absolute atomic E-state index is 0.00917. The number of methoxy groups -OCH3 is 1. The van der Waals surface area contributed by atoms with E-state index in [1.165, 1.54) is 5.69 Å². The Morgan fingerprint density at radius 1 is 1.64 bits per heavy atom. The average molecular weight is 198 g/mol. The fourth-order valence-corrected chi connectivity index (χ4v) is 1.31. The minimum atomic E-state index is 0.00917. The van der Waals surface area contributed by atoms with Crippen LogP contribution in [0.4, 0.5) is 0 Å². The standard InChI is InChI=1S/C10H18N2O2/c1-12-5-3-4-10(12)6-11-9(7-13)8-14-2/h3-5,9,11,13H,6-8H2,1-2H3. The Bertz CT molecular complexity index is 260. The fourth-order valence-electron chi connectivity index (χ4n) is 1.31. The summed E-state index contributed by atoms with van der Waals surface area (Å²) in [7, 11) is 3.63. The number of nitrogens with one attached hydrogen (secondary N) is 1. The summed E-state index contributed by atoms with van der Waals surface area (Å²) in [5.74, 6) is 0. The largest absolute Gasteiger partial charge is 0.395 e. The van der Waals surface area contributed by atoms with E-state index in [1.54, 1.807) is 7.11 Å². The van der Waals surface area contributed by atoms with Crippen molar-refractivity contribution in [1.82, 2.24) is 9.88 Å². The van der Waals surface area contributed by atoms with E-state index in [-0.39, 0.29) is 12.6 Å². The average Bonchev–Trinajstić information content (AvgIpc) is 2.59. The molecule has 4 nitrogen and oxygen atoms in total. The van der Waals surface area contributed by atoms with Crippen LogP contribution >= 0.6 is 0 Å². The van der Waals surface area contributed by atoms with Gasteiger partial charge in [0.2, 0.25) is 0 Å². The lowest BCUT2D eigenvalue weighted by Crippen LogP contribution is -2.36. The second kappa shape index (κ2) is 5.80. The van der Waals surface area contributed by atoms with Gasteiger partial charge in [-0.15, -0.1) is 0 Å². The Morgan fingerprint density at radius 3 is 2.93 bits per heavy atom. The summed E-state index contributed by atoms with van der Waals surface area (Å²) in [6.45, 7) is 1.37. The van der Waals surface area contributed by atoms with Crippen LogP contribution in [-0.2, 0) is 18.3 Å². The molecule has 0 aliphatic carbocycles. The van der Waals surface area contributed by atoms with Crippen molar-refractivity contribution in [2.24, 2.45) is 7.05 Å². The Labute approximate surface area is 84.5 Å². The Kier molecular flexibility index (Phi) is 4.65. The SMILES string of the molecule is COCC(CO)NCc1cccn1C. The molecule has 0 amide bonds. The smallest absolute Gasteiger partial charge is 0.0638 e. The molecule has 2 N–H and O–H groups in total. The van der Waals surface area contributed by atoms with Crippen LogP contribution in [0.2, 0.25) is 0 Å². The summed E-state index contributed by atoms with van der Waals surface area (Å²) in [4.78, 5) is 0. The molecule has 0 aliphatic rings. The molecule has 0 bridgehead atoms. The predicted molar refractivity (Wildman–Crippen MR) is 55.0 cm³/mol. The molecule has 0 saturated heterocycles. The number of ether oxygens (including phenoxy) is 1. The highest BCUT2D eigenvalue weighted by Gasteiger charge is 2.06. The fraction of sp³-hybridized carbons (Fsp3) is 0.600. The molecule has 1 aromatic heterocycles. The molecule has 0 aromatic carbocycles. The van der Waals surface area contributed by atoms with Crippen molar-refractivity contribution in [1.29, 1.82) is 0 Å². The van der Waals surface area contributed by atoms with E-state index in [0.29, 0.717) is 6.61 Å². The third-order valence-electron chi connectivity index (χ3n) is 2.21. The van der Waals surface area contributed by atoms with Crippen LogP contribution < -0.4 is 5.32 Å². The maximum Gasteiger partial charge on any atom is 0.0638 e. The zero-order chi connectivity index (χ0) is 10.4. The van der Waals surface area contributed by atoms with Gasteiger partial charge >= 0.3 is 0 Å². The maximum atomic E-state index is 9.01. The normalized spacial score (nSPS) is 13.1. The first kappa shape index (κ1) is 11.2. The number of aliphatic hydroxyl groups is 1. The number of aryl methyl sites for hydroxylation is 1. The molecule has 1 atom stereocenters. The molecule has 1 aromatic rings. The number of aliphatic hydroxyl groups excluding tert-OH is 1. The van der Waals surface area contributed by atoms with Crippen molar-refractivity contribution in [3.63, 3.8) is 0 Å². The molecule has 1 heterocycles. The van der Waals surface area contributed by atoms with Crippen molar-refractivity contribution >= 4 is 0 Å². The molecule has 0 saturated carbocycles. The van der Waals surface area contributed by atoms with Crippen molar-refractivity contribution in [2.75, 3.05) is 20.3 Å². The number of nitrogens with zero attached hydrogens (tertiary/aromatic N) is 1. The van der Waals surface area contributed by atoms with Gasteiger partial charge in [0.1, 0.15) is 0 Å². The molecule has 1 rings (SSSR count). The summed E-state index contributed by atoms with van der Waals surface area (Å²) >= 11 is 0. The van der Waals surface area contributed by atoms with Crippen LogP contribution in [0.5, 0.6) is 0 Å². The van der Waals surface area contributed by atoms with Crippen LogP contribution in [0.25, 0.3) is 0 Å². The summed E-state index contributed by atoms with van der Waals surface area (Å²) in [6.07, 6.45) is 2.00. The van der Waals surface area contributed by atoms with Gasteiger partial charge in [-0.1, -0.05) is 0 Å². The van der Waals surface area contributed by atoms with Gasteiger partial charge < -0.3 is 19.7 Å². The molecule has 0 spiro atoms. The van der Waals surface area contributed by atoms with E-state index >= 15 is 0 Å². The summed E-state index contributed by atoms with van der Waals surface area (Å²) in [5, 5.41) is 12.2. The van der Waals surface area contributed by atoms with Gasteiger partial charge in [-0.3, -0.25) is 0 Å². The van der Waals surface area contributed by atoms with Crippen LogP contribution in [0, 0.1) is 0 Å². The molecule has 0 fully saturated rings. The van der Waals surface area contributed by atoms with Gasteiger partial charge in [0.15, 0.2) is 0 Å². The van der Waals surface area contributed by atoms with E-state index in [4.69, 9.17) is 9.84 Å². The lowest BCUT2D eigenvalue weighted by atomic mass is 10.3. The highest BCUT2D eigenvalue weighted by atomic mass is 16.5. The first-order chi connectivity index (χ1) is 6.77. The third-order valence-corrected chi connectivity index (χ3v) is 2.21. The van der Waals surface area contributed by atoms with Gasteiger partial charge in [-0.25, -0.2) is 0 Å². The highest BCUT2D eigenvalue weighted by molar-refractivity contribution is 5.06.